The van der Waals surface area contributed by atoms with E-state index in [1.54, 1.807) is 12.1 Å². The summed E-state index contributed by atoms with van der Waals surface area (Å²) in [5, 5.41) is 0. The van der Waals surface area contributed by atoms with Gasteiger partial charge in [0.25, 0.3) is 0 Å². The molecule has 0 bridgehead atoms. The Morgan fingerprint density at radius 1 is 0.784 bits per heavy atom. The molecule has 0 aliphatic heterocycles. The van der Waals surface area contributed by atoms with Crippen LogP contribution in [0.25, 0.3) is 0 Å². The molecule has 0 N–H and O–H groups in total. The highest BCUT2D eigenvalue weighted by Gasteiger charge is 2.44. The molecule has 3 aromatic rings. The number of likely N-dealkylation sites (N-methyl/N-ethyl adjacent to an activating group) is 1. The van der Waals surface area contributed by atoms with Gasteiger partial charge in [-0.05, 0) is 106 Å². The molecule has 1 atom stereocenters. The maximum absolute atomic E-state index is 13.4. The van der Waals surface area contributed by atoms with Crippen molar-refractivity contribution in [1.29, 1.82) is 0 Å². The average molecular weight is 508 g/mol. The van der Waals surface area contributed by atoms with Crippen LogP contribution < -0.4 is 4.74 Å². The number of carbonyl (C=O) groups is 2. The van der Waals surface area contributed by atoms with Crippen molar-refractivity contribution in [2.45, 2.75) is 43.6 Å². The van der Waals surface area contributed by atoms with E-state index in [0.717, 1.165) is 37.7 Å². The van der Waals surface area contributed by atoms with E-state index in [9.17, 15) is 18.4 Å². The van der Waals surface area contributed by atoms with Crippen molar-refractivity contribution in [1.82, 2.24) is 4.90 Å². The topological polar surface area (TPSA) is 55.8 Å². The van der Waals surface area contributed by atoms with Crippen molar-refractivity contribution in [3.63, 3.8) is 0 Å². The largest absolute Gasteiger partial charge is 0.455 e. The first-order valence-electron chi connectivity index (χ1n) is 12.5. The van der Waals surface area contributed by atoms with Crippen molar-refractivity contribution < 1.29 is 27.8 Å². The molecule has 1 unspecified atom stereocenters. The minimum atomic E-state index is -0.722. The van der Waals surface area contributed by atoms with Crippen LogP contribution in [-0.4, -0.2) is 43.1 Å². The fourth-order valence-electron chi connectivity index (χ4n) is 4.96. The molecule has 3 aromatic carbocycles. The molecular weight excluding hydrogens is 476 g/mol. The van der Waals surface area contributed by atoms with Crippen molar-refractivity contribution >= 4 is 11.9 Å². The second kappa shape index (κ2) is 11.6. The lowest BCUT2D eigenvalue weighted by Crippen LogP contribution is -2.46. The van der Waals surface area contributed by atoms with Crippen LogP contribution in [0.2, 0.25) is 0 Å². The zero-order chi connectivity index (χ0) is 26.4. The zero-order valence-electron chi connectivity index (χ0n) is 21.1. The van der Waals surface area contributed by atoms with Crippen molar-refractivity contribution in [3.8, 4) is 5.75 Å². The summed E-state index contributed by atoms with van der Waals surface area (Å²) in [6.07, 6.45) is 4.39. The summed E-state index contributed by atoms with van der Waals surface area (Å²) in [6, 6.07) is 17.8. The molecule has 0 amide bonds. The lowest BCUT2D eigenvalue weighted by atomic mass is 9.72. The lowest BCUT2D eigenvalue weighted by molar-refractivity contribution is -0.0575. The van der Waals surface area contributed by atoms with Gasteiger partial charge < -0.3 is 14.4 Å². The molecule has 7 heteroatoms. The van der Waals surface area contributed by atoms with Gasteiger partial charge in [-0.15, -0.1) is 0 Å². The average Bonchev–Trinajstić information content (AvgIpc) is 2.89. The first-order chi connectivity index (χ1) is 17.8. The number of hydrogen-bond donors (Lipinski definition) is 0. The fraction of sp³-hybridized carbons (Fsp3) is 0.333. The molecular formula is C30H31F2NO4. The second-order valence-electron chi connectivity index (χ2n) is 9.80. The van der Waals surface area contributed by atoms with E-state index in [2.05, 4.69) is 4.90 Å². The van der Waals surface area contributed by atoms with Crippen LogP contribution in [0.4, 0.5) is 8.78 Å². The minimum absolute atomic E-state index is 0.131. The highest BCUT2D eigenvalue weighted by atomic mass is 19.1. The van der Waals surface area contributed by atoms with Crippen molar-refractivity contribution in [2.24, 2.45) is 0 Å². The Hall–Kier alpha value is -3.58. The number of rotatable bonds is 8. The summed E-state index contributed by atoms with van der Waals surface area (Å²) in [6.45, 7) is 0.644. The van der Waals surface area contributed by atoms with E-state index in [0.29, 0.717) is 17.9 Å². The lowest BCUT2D eigenvalue weighted by Gasteiger charge is -2.44. The van der Waals surface area contributed by atoms with Gasteiger partial charge in [0.15, 0.2) is 0 Å². The Labute approximate surface area is 216 Å². The van der Waals surface area contributed by atoms with E-state index >= 15 is 0 Å². The maximum atomic E-state index is 13.4. The molecule has 0 spiro atoms. The van der Waals surface area contributed by atoms with E-state index < -0.39 is 29.2 Å². The minimum Gasteiger partial charge on any atom is -0.455 e. The van der Waals surface area contributed by atoms with Gasteiger partial charge in [-0.2, -0.15) is 0 Å². The first-order valence-corrected chi connectivity index (χ1v) is 12.5. The number of ether oxygens (including phenoxy) is 2. The molecule has 194 valence electrons. The Bertz CT molecular complexity index is 1200. The molecule has 1 fully saturated rings. The van der Waals surface area contributed by atoms with Gasteiger partial charge in [-0.3, -0.25) is 0 Å². The summed E-state index contributed by atoms with van der Waals surface area (Å²) in [5.74, 6) is -1.64. The Balaban J connectivity index is 1.58. The number of benzene rings is 3. The van der Waals surface area contributed by atoms with Gasteiger partial charge in [0, 0.05) is 12.5 Å². The Morgan fingerprint density at radius 2 is 1.30 bits per heavy atom. The molecule has 0 saturated heterocycles. The van der Waals surface area contributed by atoms with E-state index in [4.69, 9.17) is 9.47 Å². The van der Waals surface area contributed by atoms with Gasteiger partial charge in [0.2, 0.25) is 0 Å². The van der Waals surface area contributed by atoms with Crippen LogP contribution >= 0.6 is 0 Å². The molecule has 0 radical (unpaired) electrons. The fourth-order valence-corrected chi connectivity index (χ4v) is 4.96. The van der Waals surface area contributed by atoms with E-state index in [1.165, 1.54) is 48.5 Å². The Kier molecular flexibility index (Phi) is 8.34. The van der Waals surface area contributed by atoms with E-state index in [1.807, 2.05) is 26.2 Å². The number of hydrogen-bond acceptors (Lipinski definition) is 5. The summed E-state index contributed by atoms with van der Waals surface area (Å²) in [7, 11) is 3.95. The summed E-state index contributed by atoms with van der Waals surface area (Å²) in [4.78, 5) is 27.6. The van der Waals surface area contributed by atoms with Crippen LogP contribution in [0, 0.1) is 11.6 Å². The predicted octanol–water partition coefficient (Wildman–Crippen LogP) is 6.39. The summed E-state index contributed by atoms with van der Waals surface area (Å²) >= 11 is 0. The second-order valence-corrected chi connectivity index (χ2v) is 9.80. The third kappa shape index (κ3) is 6.60. The monoisotopic (exact) mass is 507 g/mol. The molecule has 1 aliphatic rings. The van der Waals surface area contributed by atoms with Crippen molar-refractivity contribution in [2.75, 3.05) is 20.6 Å². The van der Waals surface area contributed by atoms with Gasteiger partial charge >= 0.3 is 11.9 Å². The standard InChI is InChI=1S/C30H31F2NO4/c1-33(2)20-27(21-10-16-26(17-11-21)36-28(34)22-6-12-24(31)13-7-22)30(18-4-3-5-19-30)37-29(35)23-8-14-25(32)15-9-23/h6-17,27H,3-5,18-20H2,1-2H3. The van der Waals surface area contributed by atoms with Crippen molar-refractivity contribution in [3.05, 3.63) is 101 Å². The molecule has 1 aliphatic carbocycles. The highest BCUT2D eigenvalue weighted by Crippen LogP contribution is 2.44. The van der Waals surface area contributed by atoms with E-state index in [-0.39, 0.29) is 11.5 Å². The smallest absolute Gasteiger partial charge is 0.343 e. The molecule has 1 saturated carbocycles. The SMILES string of the molecule is CN(C)CC(c1ccc(OC(=O)c2ccc(F)cc2)cc1)C1(OC(=O)c2ccc(F)cc2)CCCCC1. The number of carbonyl (C=O) groups excluding carboxylic acids is 2. The Morgan fingerprint density at radius 3 is 1.81 bits per heavy atom. The van der Waals surface area contributed by atoms with Crippen LogP contribution in [0.1, 0.15) is 64.3 Å². The third-order valence-corrected chi connectivity index (χ3v) is 6.83. The zero-order valence-corrected chi connectivity index (χ0v) is 21.1. The van der Waals surface area contributed by atoms with Gasteiger partial charge in [-0.1, -0.05) is 18.6 Å². The molecule has 37 heavy (non-hydrogen) atoms. The highest BCUT2D eigenvalue weighted by molar-refractivity contribution is 5.91. The molecule has 4 rings (SSSR count). The summed E-state index contributed by atoms with van der Waals surface area (Å²) in [5.41, 5.74) is 0.812. The molecule has 0 heterocycles. The number of halogens is 2. The predicted molar refractivity (Wildman–Crippen MR) is 137 cm³/mol. The van der Waals surface area contributed by atoms with Crippen LogP contribution in [0.5, 0.6) is 5.75 Å². The maximum Gasteiger partial charge on any atom is 0.343 e. The van der Waals surface area contributed by atoms with Gasteiger partial charge in [0.1, 0.15) is 23.0 Å². The van der Waals surface area contributed by atoms with Gasteiger partial charge in [0.05, 0.1) is 11.1 Å². The first kappa shape index (κ1) is 26.5. The molecule has 0 aromatic heterocycles. The third-order valence-electron chi connectivity index (χ3n) is 6.83. The number of esters is 2. The summed E-state index contributed by atoms with van der Waals surface area (Å²) < 4.78 is 38.3. The van der Waals surface area contributed by atoms with Crippen LogP contribution in [-0.2, 0) is 4.74 Å². The quantitative estimate of drug-likeness (QED) is 0.261. The normalized spacial score (nSPS) is 15.7. The molecule has 5 nitrogen and oxygen atoms in total. The number of nitrogens with zero attached hydrogens (tertiary/aromatic N) is 1. The van der Waals surface area contributed by atoms with Crippen LogP contribution in [0.3, 0.4) is 0 Å². The van der Waals surface area contributed by atoms with Crippen LogP contribution in [0.15, 0.2) is 72.8 Å². The van der Waals surface area contributed by atoms with Gasteiger partial charge in [-0.25, -0.2) is 18.4 Å².